The topological polar surface area (TPSA) is 131 Å². The van der Waals surface area contributed by atoms with Crippen LogP contribution in [0.1, 0.15) is 36.7 Å². The molecule has 3 heterocycles. The number of aldehydes is 1. The smallest absolute Gasteiger partial charge is 0.218 e. The van der Waals surface area contributed by atoms with Crippen LogP contribution in [0.4, 0.5) is 21.7 Å². The van der Waals surface area contributed by atoms with Gasteiger partial charge >= 0.3 is 0 Å². The predicted octanol–water partition coefficient (Wildman–Crippen LogP) is 3.74. The standard InChI is InChI=1S/C26H31FN8O2/c1-15(2)33-21-7-5-17(6-8-21)22-23(28)35-25(19(14-36)12-32-35)34-24(22)30-11-18-9-20(27)13-31-26(18)37-16(3)10-29-4/h5-9,12-16,29,33H,10-11,28H2,1-4H3,(H,30,34). The number of hydrogen-bond acceptors (Lipinski definition) is 9. The van der Waals surface area contributed by atoms with Crippen LogP contribution >= 0.6 is 0 Å². The van der Waals surface area contributed by atoms with Crippen molar-refractivity contribution in [1.29, 1.82) is 0 Å². The molecule has 4 aromatic rings. The van der Waals surface area contributed by atoms with Crippen molar-refractivity contribution in [2.75, 3.05) is 30.0 Å². The fourth-order valence-electron chi connectivity index (χ4n) is 3.99. The third kappa shape index (κ3) is 5.78. The van der Waals surface area contributed by atoms with Crippen molar-refractivity contribution in [2.45, 2.75) is 39.5 Å². The van der Waals surface area contributed by atoms with Crippen molar-refractivity contribution in [3.8, 4) is 17.0 Å². The van der Waals surface area contributed by atoms with E-state index in [1.165, 1.54) is 16.8 Å². The van der Waals surface area contributed by atoms with Crippen LogP contribution in [0.5, 0.6) is 5.88 Å². The SMILES string of the molecule is CNCC(C)Oc1ncc(F)cc1CNc1nc2c(C=O)cnn2c(N)c1-c1ccc(NC(C)C)cc1. The minimum absolute atomic E-state index is 0.152. The molecule has 0 bridgehead atoms. The number of nitrogens with one attached hydrogen (secondary N) is 3. The van der Waals surface area contributed by atoms with Crippen molar-refractivity contribution in [1.82, 2.24) is 24.9 Å². The van der Waals surface area contributed by atoms with Gasteiger partial charge in [-0.25, -0.2) is 14.4 Å². The molecular formula is C26H31FN8O2. The Morgan fingerprint density at radius 3 is 2.62 bits per heavy atom. The number of carbonyl (C=O) groups is 1. The van der Waals surface area contributed by atoms with Crippen LogP contribution < -0.4 is 26.4 Å². The van der Waals surface area contributed by atoms with Crippen LogP contribution in [0.3, 0.4) is 0 Å². The summed E-state index contributed by atoms with van der Waals surface area (Å²) in [5.74, 6) is 0.549. The lowest BCUT2D eigenvalue weighted by atomic mass is 10.1. The largest absolute Gasteiger partial charge is 0.473 e. The summed E-state index contributed by atoms with van der Waals surface area (Å²) in [6.45, 7) is 6.77. The highest BCUT2D eigenvalue weighted by Gasteiger charge is 2.19. The molecule has 10 nitrogen and oxygen atoms in total. The molecule has 194 valence electrons. The fourth-order valence-corrected chi connectivity index (χ4v) is 3.99. The molecule has 37 heavy (non-hydrogen) atoms. The number of halogens is 1. The Hall–Kier alpha value is -4.25. The number of nitrogens with zero attached hydrogens (tertiary/aromatic N) is 4. The van der Waals surface area contributed by atoms with E-state index in [0.717, 1.165) is 17.4 Å². The Bertz CT molecular complexity index is 1390. The summed E-state index contributed by atoms with van der Waals surface area (Å²) in [5.41, 5.74) is 10.0. The van der Waals surface area contributed by atoms with Gasteiger partial charge in [0, 0.05) is 30.4 Å². The van der Waals surface area contributed by atoms with Crippen LogP contribution in [0, 0.1) is 5.82 Å². The van der Waals surface area contributed by atoms with Crippen LogP contribution in [0.15, 0.2) is 42.7 Å². The van der Waals surface area contributed by atoms with E-state index in [9.17, 15) is 9.18 Å². The summed E-state index contributed by atoms with van der Waals surface area (Å²) in [6, 6.07) is 9.41. The molecule has 0 aliphatic rings. The number of fused-ring (bicyclic) bond motifs is 1. The molecule has 11 heteroatoms. The molecule has 3 aromatic heterocycles. The lowest BCUT2D eigenvalue weighted by Gasteiger charge is -2.18. The Morgan fingerprint density at radius 1 is 1.19 bits per heavy atom. The van der Waals surface area contributed by atoms with Gasteiger partial charge in [-0.2, -0.15) is 9.61 Å². The number of carbonyl (C=O) groups excluding carboxylic acids is 1. The predicted molar refractivity (Wildman–Crippen MR) is 143 cm³/mol. The molecule has 0 radical (unpaired) electrons. The maximum absolute atomic E-state index is 14.1. The second-order valence-corrected chi connectivity index (χ2v) is 9.01. The normalized spacial score (nSPS) is 12.1. The van der Waals surface area contributed by atoms with E-state index in [4.69, 9.17) is 10.5 Å². The van der Waals surface area contributed by atoms with Gasteiger partial charge in [-0.15, -0.1) is 0 Å². The Balaban J connectivity index is 1.74. The van der Waals surface area contributed by atoms with Crippen molar-refractivity contribution in [2.24, 2.45) is 0 Å². The molecule has 5 N–H and O–H groups in total. The lowest BCUT2D eigenvalue weighted by Crippen LogP contribution is -2.27. The number of nitrogen functional groups attached to an aromatic ring is 1. The second kappa shape index (κ2) is 11.2. The van der Waals surface area contributed by atoms with Crippen molar-refractivity contribution in [3.63, 3.8) is 0 Å². The van der Waals surface area contributed by atoms with Crippen LogP contribution in [0.2, 0.25) is 0 Å². The quantitative estimate of drug-likeness (QED) is 0.225. The van der Waals surface area contributed by atoms with Gasteiger partial charge in [0.1, 0.15) is 23.6 Å². The third-order valence-electron chi connectivity index (χ3n) is 5.61. The summed E-state index contributed by atoms with van der Waals surface area (Å²) in [6.07, 6.45) is 3.03. The minimum atomic E-state index is -0.485. The summed E-state index contributed by atoms with van der Waals surface area (Å²) >= 11 is 0. The molecule has 0 fully saturated rings. The van der Waals surface area contributed by atoms with Gasteiger partial charge in [0.2, 0.25) is 5.88 Å². The zero-order valence-electron chi connectivity index (χ0n) is 21.2. The molecule has 4 rings (SSSR count). The molecule has 0 amide bonds. The minimum Gasteiger partial charge on any atom is -0.473 e. The second-order valence-electron chi connectivity index (χ2n) is 9.01. The lowest BCUT2D eigenvalue weighted by molar-refractivity contribution is 0.112. The number of pyridine rings is 1. The summed E-state index contributed by atoms with van der Waals surface area (Å²) in [7, 11) is 1.82. The first-order chi connectivity index (χ1) is 17.8. The van der Waals surface area contributed by atoms with Gasteiger partial charge in [0.15, 0.2) is 11.9 Å². The number of aromatic nitrogens is 4. The Labute approximate surface area is 214 Å². The van der Waals surface area contributed by atoms with Gasteiger partial charge < -0.3 is 26.4 Å². The van der Waals surface area contributed by atoms with Crippen molar-refractivity contribution in [3.05, 3.63) is 59.7 Å². The number of benzene rings is 1. The third-order valence-corrected chi connectivity index (χ3v) is 5.61. The average Bonchev–Trinajstić information content (AvgIpc) is 3.28. The van der Waals surface area contributed by atoms with Crippen LogP contribution in [0.25, 0.3) is 16.8 Å². The Morgan fingerprint density at radius 2 is 1.95 bits per heavy atom. The number of nitrogens with two attached hydrogens (primary N) is 1. The first kappa shape index (κ1) is 25.8. The zero-order chi connectivity index (χ0) is 26.5. The van der Waals surface area contributed by atoms with Crippen molar-refractivity contribution >= 4 is 29.3 Å². The Kier molecular flexibility index (Phi) is 7.83. The van der Waals surface area contributed by atoms with Crippen molar-refractivity contribution < 1.29 is 13.9 Å². The molecular weight excluding hydrogens is 475 g/mol. The summed E-state index contributed by atoms with van der Waals surface area (Å²) in [5, 5.41) is 13.9. The molecule has 1 unspecified atom stereocenters. The maximum Gasteiger partial charge on any atom is 0.218 e. The average molecular weight is 507 g/mol. The summed E-state index contributed by atoms with van der Waals surface area (Å²) < 4.78 is 21.5. The first-order valence-electron chi connectivity index (χ1n) is 12.0. The van der Waals surface area contributed by atoms with Gasteiger partial charge in [0.05, 0.1) is 23.5 Å². The highest BCUT2D eigenvalue weighted by atomic mass is 19.1. The van der Waals surface area contributed by atoms with Crippen LogP contribution in [-0.2, 0) is 6.54 Å². The highest BCUT2D eigenvalue weighted by Crippen LogP contribution is 2.35. The summed E-state index contributed by atoms with van der Waals surface area (Å²) in [4.78, 5) is 20.4. The zero-order valence-corrected chi connectivity index (χ0v) is 21.2. The van der Waals surface area contributed by atoms with Gasteiger partial charge in [0.25, 0.3) is 0 Å². The highest BCUT2D eigenvalue weighted by molar-refractivity contribution is 5.90. The van der Waals surface area contributed by atoms with Crippen LogP contribution in [-0.4, -0.2) is 51.6 Å². The van der Waals surface area contributed by atoms with E-state index < -0.39 is 5.82 Å². The molecule has 0 aliphatic heterocycles. The molecule has 0 saturated heterocycles. The van der Waals surface area contributed by atoms with Gasteiger partial charge in [-0.1, -0.05) is 12.1 Å². The van der Waals surface area contributed by atoms with E-state index in [-0.39, 0.29) is 18.7 Å². The molecule has 0 saturated carbocycles. The van der Waals surface area contributed by atoms with E-state index in [0.29, 0.717) is 52.7 Å². The van der Waals surface area contributed by atoms with Gasteiger partial charge in [-0.3, -0.25) is 4.79 Å². The molecule has 1 aromatic carbocycles. The monoisotopic (exact) mass is 506 g/mol. The number of rotatable bonds is 11. The van der Waals surface area contributed by atoms with E-state index in [2.05, 4.69) is 44.9 Å². The first-order valence-corrected chi connectivity index (χ1v) is 12.0. The van der Waals surface area contributed by atoms with E-state index in [1.54, 1.807) is 0 Å². The fraction of sp³-hybridized carbons (Fsp3) is 0.308. The number of hydrogen-bond donors (Lipinski definition) is 4. The molecule has 0 aliphatic carbocycles. The molecule has 1 atom stereocenters. The van der Waals surface area contributed by atoms with Gasteiger partial charge in [-0.05, 0) is 51.6 Å². The maximum atomic E-state index is 14.1. The number of ether oxygens (including phenoxy) is 1. The number of anilines is 3. The molecule has 0 spiro atoms. The van der Waals surface area contributed by atoms with E-state index in [1.807, 2.05) is 38.2 Å². The number of likely N-dealkylation sites (N-methyl/N-ethyl adjacent to an activating group) is 1. The van der Waals surface area contributed by atoms with E-state index >= 15 is 0 Å².